The lowest BCUT2D eigenvalue weighted by Crippen LogP contribution is -2.80. The first-order chi connectivity index (χ1) is 14.4. The van der Waals surface area contributed by atoms with Crippen LogP contribution in [-0.2, 0) is 26.2 Å². The Hall–Kier alpha value is -2.28. The number of carboxylic acids is 1. The molecule has 0 saturated carbocycles. The number of rotatable bonds is 9. The van der Waals surface area contributed by atoms with Crippen molar-refractivity contribution in [3.05, 3.63) is 11.3 Å². The number of carbonyl (C=O) groups excluding carboxylic acids is 2. The van der Waals surface area contributed by atoms with Gasteiger partial charge in [0.05, 0.1) is 17.6 Å². The Kier molecular flexibility index (Phi) is 6.91. The highest BCUT2D eigenvalue weighted by Crippen LogP contribution is 2.47. The van der Waals surface area contributed by atoms with E-state index in [1.54, 1.807) is 7.05 Å². The van der Waals surface area contributed by atoms with Crippen LogP contribution in [0.5, 0.6) is 0 Å². The first-order valence-electron chi connectivity index (χ1n) is 8.42. The van der Waals surface area contributed by atoms with Crippen molar-refractivity contribution in [2.24, 2.45) is 7.05 Å². The molecular weight excluding hydrogens is 454 g/mol. The van der Waals surface area contributed by atoms with E-state index in [4.69, 9.17) is 10.00 Å². The topological polar surface area (TPSA) is 163 Å². The van der Waals surface area contributed by atoms with Gasteiger partial charge in [-0.1, -0.05) is 11.8 Å². The molecular formula is C15H17N7O5S3. The number of nitrogens with one attached hydrogen (secondary N) is 1. The van der Waals surface area contributed by atoms with E-state index in [1.807, 2.05) is 6.07 Å². The highest BCUT2D eigenvalue weighted by Gasteiger charge is 2.66. The predicted molar refractivity (Wildman–Crippen MR) is 108 cm³/mol. The van der Waals surface area contributed by atoms with Crippen molar-refractivity contribution >= 4 is 53.1 Å². The number of carboxylic acid groups (broad SMARTS) is 1. The van der Waals surface area contributed by atoms with Crippen LogP contribution in [0.4, 0.5) is 0 Å². The monoisotopic (exact) mass is 471 g/mol. The van der Waals surface area contributed by atoms with E-state index in [0.717, 1.165) is 16.7 Å². The average molecular weight is 472 g/mol. The zero-order valence-corrected chi connectivity index (χ0v) is 18.3. The first-order valence-corrected chi connectivity index (χ1v) is 11.6. The summed E-state index contributed by atoms with van der Waals surface area (Å²) in [7, 11) is 2.96. The number of tetrazole rings is 1. The fourth-order valence-corrected chi connectivity index (χ4v) is 5.86. The molecule has 1 fully saturated rings. The van der Waals surface area contributed by atoms with Crippen molar-refractivity contribution in [2.45, 2.75) is 16.3 Å². The van der Waals surface area contributed by atoms with Gasteiger partial charge in [0.1, 0.15) is 11.1 Å². The highest BCUT2D eigenvalue weighted by atomic mass is 32.2. The highest BCUT2D eigenvalue weighted by molar-refractivity contribution is 8.01. The van der Waals surface area contributed by atoms with Crippen LogP contribution < -0.4 is 5.32 Å². The molecule has 0 aromatic carbocycles. The second-order valence-corrected chi connectivity index (χ2v) is 9.11. The van der Waals surface area contributed by atoms with E-state index in [-0.39, 0.29) is 23.0 Å². The first kappa shape index (κ1) is 22.4. The van der Waals surface area contributed by atoms with Crippen molar-refractivity contribution in [3.8, 4) is 6.07 Å². The lowest BCUT2D eigenvalue weighted by Gasteiger charge is -2.55. The number of methoxy groups -OCH3 is 1. The number of thioether (sulfide) groups is 3. The van der Waals surface area contributed by atoms with Crippen molar-refractivity contribution in [2.75, 3.05) is 30.1 Å². The molecule has 3 heterocycles. The summed E-state index contributed by atoms with van der Waals surface area (Å²) in [5, 5.41) is 31.8. The summed E-state index contributed by atoms with van der Waals surface area (Å²) in [6.07, 6.45) is 0. The van der Waals surface area contributed by atoms with E-state index in [9.17, 15) is 19.5 Å². The number of carbonyl (C=O) groups is 3. The van der Waals surface area contributed by atoms with Crippen LogP contribution in [0.3, 0.4) is 0 Å². The number of β-lactam (4-membered cyclic amide) rings is 1. The maximum atomic E-state index is 12.9. The van der Waals surface area contributed by atoms with Crippen molar-refractivity contribution in [1.82, 2.24) is 30.4 Å². The number of amides is 2. The van der Waals surface area contributed by atoms with Gasteiger partial charge in [-0.25, -0.2) is 9.48 Å². The number of nitrogens with zero attached hydrogens (tertiary/aromatic N) is 6. The lowest BCUT2D eigenvalue weighted by molar-refractivity contribution is -0.192. The Bertz CT molecular complexity index is 945. The van der Waals surface area contributed by atoms with E-state index in [0.29, 0.717) is 16.5 Å². The van der Waals surface area contributed by atoms with Crippen LogP contribution in [0.25, 0.3) is 0 Å². The van der Waals surface area contributed by atoms with Gasteiger partial charge >= 0.3 is 5.97 Å². The van der Waals surface area contributed by atoms with Gasteiger partial charge in [-0.3, -0.25) is 14.5 Å². The molecule has 0 aliphatic carbocycles. The van der Waals surface area contributed by atoms with Gasteiger partial charge in [-0.15, -0.1) is 28.6 Å². The zero-order chi connectivity index (χ0) is 21.9. The van der Waals surface area contributed by atoms with Gasteiger partial charge in [0.15, 0.2) is 0 Å². The summed E-state index contributed by atoms with van der Waals surface area (Å²) in [6.45, 7) is 0. The quantitative estimate of drug-likeness (QED) is 0.201. The minimum Gasteiger partial charge on any atom is -0.477 e. The Morgan fingerprint density at radius 2 is 2.30 bits per heavy atom. The third kappa shape index (κ3) is 4.00. The van der Waals surface area contributed by atoms with Gasteiger partial charge < -0.3 is 15.2 Å². The number of aromatic nitrogens is 4. The number of hydrogen-bond donors (Lipinski definition) is 2. The second kappa shape index (κ2) is 9.25. The predicted octanol–water partition coefficient (Wildman–Crippen LogP) is -0.728. The standard InChI is InChI=1S/C15H17N7O5S3/c1-21-14(18-19-20-21)30-6-8-5-29-13-15(27-2,17-9(23)7-28-4-3-16)12(26)22(13)10(8)11(24)25/h13H,4-7H2,1-2H3,(H,17,23)(H,24,25)/t13-,15?/m1/s1. The molecule has 2 aliphatic heterocycles. The molecule has 1 aromatic rings. The Labute approximate surface area is 183 Å². The largest absolute Gasteiger partial charge is 0.477 e. The van der Waals surface area contributed by atoms with Crippen LogP contribution in [0, 0.1) is 11.3 Å². The van der Waals surface area contributed by atoms with Gasteiger partial charge in [-0.05, 0) is 16.0 Å². The smallest absolute Gasteiger partial charge is 0.352 e. The van der Waals surface area contributed by atoms with Crippen LogP contribution in [0.2, 0.25) is 0 Å². The molecule has 12 nitrogen and oxygen atoms in total. The number of fused-ring (bicyclic) bond motifs is 1. The minimum absolute atomic E-state index is 0.0153. The molecule has 2 atom stereocenters. The van der Waals surface area contributed by atoms with Crippen LogP contribution in [0.1, 0.15) is 0 Å². The summed E-state index contributed by atoms with van der Waals surface area (Å²) in [4.78, 5) is 38.2. The number of aliphatic carboxylic acids is 1. The molecule has 0 bridgehead atoms. The van der Waals surface area contributed by atoms with Gasteiger partial charge in [0.2, 0.25) is 11.1 Å². The molecule has 0 radical (unpaired) electrons. The Morgan fingerprint density at radius 3 is 2.90 bits per heavy atom. The molecule has 1 aromatic heterocycles. The van der Waals surface area contributed by atoms with Gasteiger partial charge in [0, 0.05) is 25.7 Å². The summed E-state index contributed by atoms with van der Waals surface area (Å²) < 4.78 is 6.83. The molecule has 3 rings (SSSR count). The van der Waals surface area contributed by atoms with Crippen LogP contribution >= 0.6 is 35.3 Å². The summed E-state index contributed by atoms with van der Waals surface area (Å²) in [5.41, 5.74) is -1.21. The van der Waals surface area contributed by atoms with E-state index in [1.165, 1.54) is 35.3 Å². The molecule has 15 heteroatoms. The molecule has 2 N–H and O–H groups in total. The van der Waals surface area contributed by atoms with E-state index >= 15 is 0 Å². The molecule has 2 amide bonds. The zero-order valence-electron chi connectivity index (χ0n) is 15.9. The fraction of sp³-hybridized carbons (Fsp3) is 0.533. The second-order valence-electron chi connectivity index (χ2n) is 6.11. The van der Waals surface area contributed by atoms with Crippen LogP contribution in [-0.4, -0.2) is 89.2 Å². The maximum absolute atomic E-state index is 12.9. The van der Waals surface area contributed by atoms with Gasteiger partial charge in [-0.2, -0.15) is 5.26 Å². The van der Waals surface area contributed by atoms with Crippen LogP contribution in [0.15, 0.2) is 16.4 Å². The molecule has 0 spiro atoms. The number of aryl methyl sites for hydroxylation is 1. The van der Waals surface area contributed by atoms with E-state index < -0.39 is 28.9 Å². The third-order valence-corrected chi connectivity index (χ3v) is 7.59. The number of nitriles is 1. The Balaban J connectivity index is 1.78. The number of ether oxygens (including phenoxy) is 1. The molecule has 2 aliphatic rings. The number of hydrogen-bond acceptors (Lipinski definition) is 11. The van der Waals surface area contributed by atoms with Crippen molar-refractivity contribution < 1.29 is 24.2 Å². The van der Waals surface area contributed by atoms with E-state index in [2.05, 4.69) is 20.8 Å². The minimum atomic E-state index is -1.64. The van der Waals surface area contributed by atoms with Crippen molar-refractivity contribution in [1.29, 1.82) is 5.26 Å². The normalized spacial score (nSPS) is 22.9. The summed E-state index contributed by atoms with van der Waals surface area (Å²) in [5.74, 6) is -1.61. The van der Waals surface area contributed by atoms with Crippen molar-refractivity contribution in [3.63, 3.8) is 0 Å². The molecule has 1 unspecified atom stereocenters. The molecule has 30 heavy (non-hydrogen) atoms. The van der Waals surface area contributed by atoms with Gasteiger partial charge in [0.25, 0.3) is 11.6 Å². The molecule has 1 saturated heterocycles. The fourth-order valence-electron chi connectivity index (χ4n) is 2.98. The average Bonchev–Trinajstić information content (AvgIpc) is 3.14. The SMILES string of the molecule is COC1(NC(=O)CSCC#N)C(=O)N2C(C(=O)O)=C(CSc3nnnn3C)CS[C@@H]21. The summed E-state index contributed by atoms with van der Waals surface area (Å²) >= 11 is 3.67. The maximum Gasteiger partial charge on any atom is 0.352 e. The third-order valence-electron chi connectivity index (χ3n) is 4.32. The summed E-state index contributed by atoms with van der Waals surface area (Å²) in [6, 6.07) is 1.92. The Morgan fingerprint density at radius 1 is 1.53 bits per heavy atom. The lowest BCUT2D eigenvalue weighted by atomic mass is 9.98. The molecule has 160 valence electrons.